The van der Waals surface area contributed by atoms with Crippen LogP contribution in [0.3, 0.4) is 0 Å². The summed E-state index contributed by atoms with van der Waals surface area (Å²) in [5.41, 5.74) is 0.995. The lowest BCUT2D eigenvalue weighted by molar-refractivity contribution is 0.0921. The zero-order chi connectivity index (χ0) is 18.4. The zero-order valence-corrected chi connectivity index (χ0v) is 16.2. The summed E-state index contributed by atoms with van der Waals surface area (Å²) in [5.74, 6) is 1.48. The van der Waals surface area contributed by atoms with E-state index < -0.39 is 0 Å². The molecule has 3 rings (SSSR count). The lowest BCUT2D eigenvalue weighted by atomic mass is 10.1. The van der Waals surface area contributed by atoms with Crippen LogP contribution in [0.25, 0.3) is 0 Å². The number of hydrogen-bond donors (Lipinski definition) is 1. The second-order valence-corrected chi connectivity index (χ2v) is 7.45. The Morgan fingerprint density at radius 1 is 1.23 bits per heavy atom. The minimum absolute atomic E-state index is 0.0190. The molecule has 0 atom stereocenters. The van der Waals surface area contributed by atoms with Gasteiger partial charge in [0.15, 0.2) is 11.5 Å². The minimum atomic E-state index is 0.0190. The van der Waals surface area contributed by atoms with Crippen LogP contribution in [0.5, 0.6) is 11.5 Å². The van der Waals surface area contributed by atoms with Gasteiger partial charge in [-0.3, -0.25) is 4.79 Å². The van der Waals surface area contributed by atoms with E-state index in [1.54, 1.807) is 0 Å². The first-order chi connectivity index (χ1) is 12.7. The van der Waals surface area contributed by atoms with Crippen LogP contribution in [0.4, 0.5) is 0 Å². The fraction of sp³-hybridized carbons (Fsp3) is 0.450. The molecule has 1 aromatic heterocycles. The number of nitrogens with one attached hydrogen (secondary N) is 1. The molecular weight excluding hydrogens is 348 g/mol. The maximum atomic E-state index is 12.4. The lowest BCUT2D eigenvalue weighted by Gasteiger charge is -2.29. The van der Waals surface area contributed by atoms with Crippen molar-refractivity contribution in [3.05, 3.63) is 46.2 Å². The van der Waals surface area contributed by atoms with Crippen LogP contribution in [0, 0.1) is 0 Å². The standard InChI is InChI=1S/C20H26N2O3S/c1-3-24-17-6-4-5-7-18(17)25-13-15-12-19(26-14-15)20(23)21-16-8-10-22(2)11-9-16/h4-7,12,14,16H,3,8-11,13H2,1-2H3,(H,21,23). The van der Waals surface area contributed by atoms with Gasteiger partial charge in [-0.2, -0.15) is 0 Å². The molecule has 1 amide bonds. The molecule has 2 aromatic rings. The summed E-state index contributed by atoms with van der Waals surface area (Å²) in [4.78, 5) is 15.5. The van der Waals surface area contributed by atoms with Crippen molar-refractivity contribution in [1.82, 2.24) is 10.2 Å². The first kappa shape index (κ1) is 18.7. The van der Waals surface area contributed by atoms with Crippen molar-refractivity contribution in [2.75, 3.05) is 26.7 Å². The van der Waals surface area contributed by atoms with Crippen molar-refractivity contribution < 1.29 is 14.3 Å². The van der Waals surface area contributed by atoms with E-state index in [0.717, 1.165) is 47.9 Å². The predicted molar refractivity (Wildman–Crippen MR) is 104 cm³/mol. The van der Waals surface area contributed by atoms with Gasteiger partial charge in [0.25, 0.3) is 5.91 Å². The SMILES string of the molecule is CCOc1ccccc1OCc1csc(C(=O)NC2CCN(C)CC2)c1. The molecule has 1 N–H and O–H groups in total. The molecule has 0 saturated carbocycles. The number of thiophene rings is 1. The van der Waals surface area contributed by atoms with E-state index in [9.17, 15) is 4.79 Å². The Kier molecular flexibility index (Phi) is 6.52. The van der Waals surface area contributed by atoms with E-state index >= 15 is 0 Å². The Hall–Kier alpha value is -2.05. The molecule has 1 aliphatic rings. The van der Waals surface area contributed by atoms with Gasteiger partial charge in [-0.1, -0.05) is 12.1 Å². The second-order valence-electron chi connectivity index (χ2n) is 6.54. The third kappa shape index (κ3) is 4.99. The molecule has 1 saturated heterocycles. The van der Waals surface area contributed by atoms with Gasteiger partial charge in [0.2, 0.25) is 0 Å². The highest BCUT2D eigenvalue weighted by Gasteiger charge is 2.20. The summed E-state index contributed by atoms with van der Waals surface area (Å²) in [6.07, 6.45) is 2.02. The highest BCUT2D eigenvalue weighted by molar-refractivity contribution is 7.12. The van der Waals surface area contributed by atoms with Gasteiger partial charge in [0.05, 0.1) is 11.5 Å². The van der Waals surface area contributed by atoms with Crippen molar-refractivity contribution in [2.45, 2.75) is 32.4 Å². The fourth-order valence-corrected chi connectivity index (χ4v) is 3.78. The van der Waals surface area contributed by atoms with Gasteiger partial charge in [-0.05, 0) is 63.5 Å². The quantitative estimate of drug-likeness (QED) is 0.805. The molecule has 6 heteroatoms. The second kappa shape index (κ2) is 9.05. The maximum Gasteiger partial charge on any atom is 0.261 e. The van der Waals surface area contributed by atoms with E-state index in [1.807, 2.05) is 42.6 Å². The summed E-state index contributed by atoms with van der Waals surface area (Å²) >= 11 is 1.46. The number of benzene rings is 1. The number of rotatable bonds is 7. The van der Waals surface area contributed by atoms with E-state index in [0.29, 0.717) is 13.2 Å². The highest BCUT2D eigenvalue weighted by atomic mass is 32.1. The van der Waals surface area contributed by atoms with Crippen molar-refractivity contribution in [3.63, 3.8) is 0 Å². The van der Waals surface area contributed by atoms with Crippen LogP contribution in [-0.4, -0.2) is 43.6 Å². The number of ether oxygens (including phenoxy) is 2. The topological polar surface area (TPSA) is 50.8 Å². The molecule has 1 fully saturated rings. The van der Waals surface area contributed by atoms with Crippen molar-refractivity contribution in [3.8, 4) is 11.5 Å². The van der Waals surface area contributed by atoms with Gasteiger partial charge in [-0.15, -0.1) is 11.3 Å². The van der Waals surface area contributed by atoms with Crippen LogP contribution in [0.1, 0.15) is 35.0 Å². The third-order valence-electron chi connectivity index (χ3n) is 4.47. The van der Waals surface area contributed by atoms with E-state index in [-0.39, 0.29) is 11.9 Å². The normalized spacial score (nSPS) is 15.6. The van der Waals surface area contributed by atoms with Crippen LogP contribution >= 0.6 is 11.3 Å². The smallest absolute Gasteiger partial charge is 0.261 e. The summed E-state index contributed by atoms with van der Waals surface area (Å²) in [6.45, 7) is 5.04. The number of amides is 1. The Labute approximate surface area is 158 Å². The van der Waals surface area contributed by atoms with Crippen LogP contribution < -0.4 is 14.8 Å². The average molecular weight is 375 g/mol. The van der Waals surface area contributed by atoms with Gasteiger partial charge in [-0.25, -0.2) is 0 Å². The summed E-state index contributed by atoms with van der Waals surface area (Å²) in [7, 11) is 2.12. The van der Waals surface area contributed by atoms with Crippen molar-refractivity contribution in [2.24, 2.45) is 0 Å². The maximum absolute atomic E-state index is 12.4. The number of nitrogens with zero attached hydrogens (tertiary/aromatic N) is 1. The van der Waals surface area contributed by atoms with Gasteiger partial charge in [0.1, 0.15) is 6.61 Å². The van der Waals surface area contributed by atoms with Gasteiger partial charge < -0.3 is 19.7 Å². The fourth-order valence-electron chi connectivity index (χ4n) is 2.99. The molecule has 0 spiro atoms. The first-order valence-electron chi connectivity index (χ1n) is 9.07. The Morgan fingerprint density at radius 2 is 1.92 bits per heavy atom. The number of likely N-dealkylation sites (tertiary alicyclic amines) is 1. The Morgan fingerprint density at radius 3 is 2.62 bits per heavy atom. The monoisotopic (exact) mass is 374 g/mol. The summed E-state index contributed by atoms with van der Waals surface area (Å²) in [6, 6.07) is 9.83. The number of hydrogen-bond acceptors (Lipinski definition) is 5. The third-order valence-corrected chi connectivity index (χ3v) is 5.45. The molecule has 5 nitrogen and oxygen atoms in total. The molecule has 1 aliphatic heterocycles. The molecule has 0 radical (unpaired) electrons. The molecular formula is C20H26N2O3S. The predicted octanol–water partition coefficient (Wildman–Crippen LogP) is 3.55. The Bertz CT molecular complexity index is 723. The van der Waals surface area contributed by atoms with Gasteiger partial charge >= 0.3 is 0 Å². The van der Waals surface area contributed by atoms with Crippen molar-refractivity contribution >= 4 is 17.2 Å². The number of para-hydroxylation sites is 2. The highest BCUT2D eigenvalue weighted by Crippen LogP contribution is 2.27. The molecule has 0 aliphatic carbocycles. The van der Waals surface area contributed by atoms with Crippen LogP contribution in [0.2, 0.25) is 0 Å². The Balaban J connectivity index is 1.54. The number of carbonyl (C=O) groups excluding carboxylic acids is 1. The van der Waals surface area contributed by atoms with Crippen molar-refractivity contribution in [1.29, 1.82) is 0 Å². The largest absolute Gasteiger partial charge is 0.490 e. The molecule has 0 bridgehead atoms. The number of carbonyl (C=O) groups is 1. The van der Waals surface area contributed by atoms with E-state index in [2.05, 4.69) is 17.3 Å². The zero-order valence-electron chi connectivity index (χ0n) is 15.4. The molecule has 26 heavy (non-hydrogen) atoms. The van der Waals surface area contributed by atoms with Crippen LogP contribution in [-0.2, 0) is 6.61 Å². The molecule has 1 aromatic carbocycles. The molecule has 2 heterocycles. The number of piperidine rings is 1. The summed E-state index contributed by atoms with van der Waals surface area (Å²) in [5, 5.41) is 5.13. The van der Waals surface area contributed by atoms with Crippen LogP contribution in [0.15, 0.2) is 35.7 Å². The minimum Gasteiger partial charge on any atom is -0.490 e. The van der Waals surface area contributed by atoms with Gasteiger partial charge in [0, 0.05) is 11.6 Å². The molecule has 140 valence electrons. The molecule has 0 unspecified atom stereocenters. The lowest BCUT2D eigenvalue weighted by Crippen LogP contribution is -2.43. The first-order valence-corrected chi connectivity index (χ1v) is 9.95. The van der Waals surface area contributed by atoms with E-state index in [4.69, 9.17) is 9.47 Å². The average Bonchev–Trinajstić information content (AvgIpc) is 3.12. The summed E-state index contributed by atoms with van der Waals surface area (Å²) < 4.78 is 11.4. The van der Waals surface area contributed by atoms with E-state index in [1.165, 1.54) is 11.3 Å².